The van der Waals surface area contributed by atoms with Crippen molar-refractivity contribution in [2.75, 3.05) is 26.4 Å². The molecule has 0 atom stereocenters. The molecule has 0 unspecified atom stereocenters. The van der Waals surface area contributed by atoms with Crippen LogP contribution in [0.3, 0.4) is 0 Å². The van der Waals surface area contributed by atoms with E-state index in [0.717, 1.165) is 5.56 Å². The number of Topliss-reactive ketones (excluding diaryl/α,β-unsaturated/α-hetero) is 2. The molecule has 1 aromatic carbocycles. The maximum atomic E-state index is 13.3. The normalized spacial score (nSPS) is 22.0. The standard InChI is InChI=1S/C17H14FNO4/c18-10-3-1-9(2-4-10)15-16-11(5-22-7-13(16)20)19-12-6-23-8-14(21)17(12)15/h1-4,15,19H,5-8H2. The van der Waals surface area contributed by atoms with E-state index in [1.807, 2.05) is 0 Å². The van der Waals surface area contributed by atoms with E-state index < -0.39 is 5.92 Å². The molecule has 5 nitrogen and oxygen atoms in total. The summed E-state index contributed by atoms with van der Waals surface area (Å²) in [5, 5.41) is 3.12. The van der Waals surface area contributed by atoms with E-state index >= 15 is 0 Å². The first-order valence-corrected chi connectivity index (χ1v) is 7.35. The van der Waals surface area contributed by atoms with Gasteiger partial charge in [0, 0.05) is 28.5 Å². The number of carbonyl (C=O) groups excluding carboxylic acids is 2. The lowest BCUT2D eigenvalue weighted by Gasteiger charge is -2.36. The van der Waals surface area contributed by atoms with Gasteiger partial charge in [0.1, 0.15) is 19.0 Å². The van der Waals surface area contributed by atoms with Gasteiger partial charge in [0.05, 0.1) is 13.2 Å². The van der Waals surface area contributed by atoms with Gasteiger partial charge < -0.3 is 14.8 Å². The van der Waals surface area contributed by atoms with E-state index in [2.05, 4.69) is 5.32 Å². The van der Waals surface area contributed by atoms with Crippen LogP contribution in [0.15, 0.2) is 46.8 Å². The van der Waals surface area contributed by atoms with Crippen molar-refractivity contribution in [1.29, 1.82) is 0 Å². The number of halogens is 1. The second-order valence-electron chi connectivity index (χ2n) is 5.73. The molecule has 23 heavy (non-hydrogen) atoms. The number of ketones is 2. The molecule has 0 aromatic heterocycles. The van der Waals surface area contributed by atoms with Crippen LogP contribution < -0.4 is 5.32 Å². The summed E-state index contributed by atoms with van der Waals surface area (Å²) in [7, 11) is 0. The summed E-state index contributed by atoms with van der Waals surface area (Å²) in [6, 6.07) is 5.91. The first kappa shape index (κ1) is 14.3. The molecule has 1 N–H and O–H groups in total. The van der Waals surface area contributed by atoms with Crippen LogP contribution in [0.1, 0.15) is 11.5 Å². The Balaban J connectivity index is 1.90. The van der Waals surface area contributed by atoms with Gasteiger partial charge in [0.2, 0.25) is 0 Å². The zero-order valence-electron chi connectivity index (χ0n) is 12.2. The molecule has 4 rings (SSSR count). The van der Waals surface area contributed by atoms with Crippen LogP contribution in [0.2, 0.25) is 0 Å². The fourth-order valence-corrected chi connectivity index (χ4v) is 3.33. The minimum atomic E-state index is -0.491. The lowest BCUT2D eigenvalue weighted by Crippen LogP contribution is -2.42. The highest BCUT2D eigenvalue weighted by molar-refractivity contribution is 6.07. The highest BCUT2D eigenvalue weighted by atomic mass is 19.1. The van der Waals surface area contributed by atoms with Crippen molar-refractivity contribution >= 4 is 11.6 Å². The van der Waals surface area contributed by atoms with Crippen molar-refractivity contribution in [3.63, 3.8) is 0 Å². The van der Waals surface area contributed by atoms with Gasteiger partial charge in [-0.15, -0.1) is 0 Å². The van der Waals surface area contributed by atoms with E-state index in [9.17, 15) is 14.0 Å². The second kappa shape index (κ2) is 5.40. The third-order valence-corrected chi connectivity index (χ3v) is 4.29. The van der Waals surface area contributed by atoms with Crippen LogP contribution in [-0.2, 0) is 19.1 Å². The third-order valence-electron chi connectivity index (χ3n) is 4.29. The minimum Gasteiger partial charge on any atom is -0.367 e. The number of ether oxygens (including phenoxy) is 2. The summed E-state index contributed by atoms with van der Waals surface area (Å²) < 4.78 is 23.8. The van der Waals surface area contributed by atoms with Crippen molar-refractivity contribution in [3.8, 4) is 0 Å². The molecule has 3 aliphatic heterocycles. The molecule has 118 valence electrons. The third kappa shape index (κ3) is 2.31. The van der Waals surface area contributed by atoms with Crippen LogP contribution >= 0.6 is 0 Å². The molecule has 0 radical (unpaired) electrons. The molecule has 0 bridgehead atoms. The minimum absolute atomic E-state index is 0.00842. The van der Waals surface area contributed by atoms with Gasteiger partial charge in [0.25, 0.3) is 0 Å². The van der Waals surface area contributed by atoms with Crippen molar-refractivity contribution in [1.82, 2.24) is 5.32 Å². The summed E-state index contributed by atoms with van der Waals surface area (Å²) >= 11 is 0. The molecule has 0 spiro atoms. The first-order chi connectivity index (χ1) is 11.1. The predicted molar refractivity (Wildman–Crippen MR) is 78.0 cm³/mol. The maximum absolute atomic E-state index is 13.3. The molecule has 6 heteroatoms. The van der Waals surface area contributed by atoms with Crippen molar-refractivity contribution in [2.45, 2.75) is 5.92 Å². The van der Waals surface area contributed by atoms with E-state index in [1.165, 1.54) is 12.1 Å². The summed E-state index contributed by atoms with van der Waals surface area (Å²) in [5.41, 5.74) is 3.12. The molecule has 0 amide bonds. The number of hydrogen-bond acceptors (Lipinski definition) is 5. The van der Waals surface area contributed by atoms with Gasteiger partial charge >= 0.3 is 0 Å². The van der Waals surface area contributed by atoms with Gasteiger partial charge in [-0.25, -0.2) is 4.39 Å². The molecule has 0 fully saturated rings. The van der Waals surface area contributed by atoms with Gasteiger partial charge in [0.15, 0.2) is 11.6 Å². The number of rotatable bonds is 1. The fraction of sp³-hybridized carbons (Fsp3) is 0.294. The maximum Gasteiger partial charge on any atom is 0.187 e. The summed E-state index contributed by atoms with van der Waals surface area (Å²) in [4.78, 5) is 24.8. The largest absolute Gasteiger partial charge is 0.367 e. The van der Waals surface area contributed by atoms with Crippen LogP contribution in [0.25, 0.3) is 0 Å². The Morgan fingerprint density at radius 1 is 0.870 bits per heavy atom. The van der Waals surface area contributed by atoms with Gasteiger partial charge in [-0.3, -0.25) is 9.59 Å². The summed E-state index contributed by atoms with van der Waals surface area (Å²) in [5.74, 6) is -1.16. The molecule has 3 aliphatic rings. The second-order valence-corrected chi connectivity index (χ2v) is 5.73. The van der Waals surface area contributed by atoms with Crippen LogP contribution in [0.4, 0.5) is 4.39 Å². The Bertz CT molecular complexity index is 721. The molecule has 3 heterocycles. The summed E-state index contributed by atoms with van der Waals surface area (Å²) in [6.45, 7) is 0.546. The monoisotopic (exact) mass is 315 g/mol. The highest BCUT2D eigenvalue weighted by Gasteiger charge is 2.40. The molecule has 0 aliphatic carbocycles. The Labute approximate surface area is 131 Å². The highest BCUT2D eigenvalue weighted by Crippen LogP contribution is 2.41. The van der Waals surface area contributed by atoms with Gasteiger partial charge in [-0.1, -0.05) is 12.1 Å². The molecule has 0 saturated heterocycles. The molecule has 1 aromatic rings. The van der Waals surface area contributed by atoms with Crippen LogP contribution in [-0.4, -0.2) is 38.0 Å². The SMILES string of the molecule is O=C1COCC2=C1C(c1ccc(F)cc1)C1=C(COCC1=O)N2. The molecular weight excluding hydrogens is 301 g/mol. The number of carbonyl (C=O) groups is 2. The van der Waals surface area contributed by atoms with E-state index in [1.54, 1.807) is 12.1 Å². The average Bonchev–Trinajstić information content (AvgIpc) is 2.54. The zero-order valence-corrected chi connectivity index (χ0v) is 12.2. The Morgan fingerprint density at radius 2 is 1.39 bits per heavy atom. The first-order valence-electron chi connectivity index (χ1n) is 7.35. The predicted octanol–water partition coefficient (Wildman–Crippen LogP) is 1.22. The number of hydrogen-bond donors (Lipinski definition) is 1. The Hall–Kier alpha value is -2.31. The quantitative estimate of drug-likeness (QED) is 0.844. The zero-order chi connectivity index (χ0) is 16.0. The smallest absolute Gasteiger partial charge is 0.187 e. The van der Waals surface area contributed by atoms with Crippen LogP contribution in [0, 0.1) is 5.82 Å². The van der Waals surface area contributed by atoms with Gasteiger partial charge in [-0.05, 0) is 17.7 Å². The Kier molecular flexibility index (Phi) is 3.36. The average molecular weight is 315 g/mol. The van der Waals surface area contributed by atoms with Crippen molar-refractivity contribution in [2.24, 2.45) is 0 Å². The fourth-order valence-electron chi connectivity index (χ4n) is 3.33. The number of benzene rings is 1. The van der Waals surface area contributed by atoms with E-state index in [0.29, 0.717) is 22.5 Å². The topological polar surface area (TPSA) is 64.6 Å². The molecular formula is C17H14FNO4. The lowest BCUT2D eigenvalue weighted by molar-refractivity contribution is -0.122. The van der Waals surface area contributed by atoms with Crippen molar-refractivity contribution in [3.05, 3.63) is 58.2 Å². The van der Waals surface area contributed by atoms with E-state index in [4.69, 9.17) is 9.47 Å². The lowest BCUT2D eigenvalue weighted by atomic mass is 9.76. The summed E-state index contributed by atoms with van der Waals surface area (Å²) in [6.07, 6.45) is 0. The van der Waals surface area contributed by atoms with Crippen molar-refractivity contribution < 1.29 is 23.5 Å². The molecule has 0 saturated carbocycles. The Morgan fingerprint density at radius 3 is 1.91 bits per heavy atom. The number of nitrogens with one attached hydrogen (secondary N) is 1. The van der Waals surface area contributed by atoms with Crippen LogP contribution in [0.5, 0.6) is 0 Å². The van der Waals surface area contributed by atoms with Gasteiger partial charge in [-0.2, -0.15) is 0 Å². The van der Waals surface area contributed by atoms with E-state index in [-0.39, 0.29) is 43.8 Å². The number of dihydropyridines is 1.